The Kier molecular flexibility index (Phi) is 5.28. The molecule has 0 aliphatic carbocycles. The number of amides is 1. The summed E-state index contributed by atoms with van der Waals surface area (Å²) in [7, 11) is 1.81. The number of carbonyl (C=O) groups is 2. The summed E-state index contributed by atoms with van der Waals surface area (Å²) in [6.45, 7) is 3.62. The highest BCUT2D eigenvalue weighted by Gasteiger charge is 2.13. The molecule has 0 aromatic rings. The van der Waals surface area contributed by atoms with Crippen LogP contribution in [0.3, 0.4) is 0 Å². The van der Waals surface area contributed by atoms with E-state index in [0.717, 1.165) is 6.54 Å². The molecule has 0 aliphatic rings. The number of hydrogen-bond acceptors (Lipinski definition) is 3. The van der Waals surface area contributed by atoms with Crippen LogP contribution in [0.2, 0.25) is 0 Å². The van der Waals surface area contributed by atoms with Gasteiger partial charge >= 0.3 is 0 Å². The van der Waals surface area contributed by atoms with Gasteiger partial charge in [0.25, 0.3) is 0 Å². The number of rotatable bonds is 5. The molecule has 0 aromatic carbocycles. The fraction of sp³-hybridized carbons (Fsp3) is 0.750. The maximum Gasteiger partial charge on any atom is 0.217 e. The summed E-state index contributed by atoms with van der Waals surface area (Å²) < 4.78 is 0. The topological polar surface area (TPSA) is 58.2 Å². The van der Waals surface area contributed by atoms with E-state index < -0.39 is 0 Å². The smallest absolute Gasteiger partial charge is 0.217 e. The molecule has 0 heterocycles. The van der Waals surface area contributed by atoms with Gasteiger partial charge in [-0.15, -0.1) is 0 Å². The zero-order chi connectivity index (χ0) is 9.56. The van der Waals surface area contributed by atoms with Crippen LogP contribution < -0.4 is 10.6 Å². The predicted molar refractivity (Wildman–Crippen MR) is 46.8 cm³/mol. The fourth-order valence-electron chi connectivity index (χ4n) is 0.911. The van der Waals surface area contributed by atoms with E-state index in [1.165, 1.54) is 13.8 Å². The van der Waals surface area contributed by atoms with Crippen LogP contribution in [0.1, 0.15) is 20.3 Å². The summed E-state index contributed by atoms with van der Waals surface area (Å²) in [6, 6.07) is -0.338. The van der Waals surface area contributed by atoms with Gasteiger partial charge in [0, 0.05) is 6.92 Å². The van der Waals surface area contributed by atoms with Crippen LogP contribution in [0.25, 0.3) is 0 Å². The molecule has 1 amide bonds. The molecule has 0 aromatic heterocycles. The molecule has 4 heteroatoms. The lowest BCUT2D eigenvalue weighted by Crippen LogP contribution is -2.40. The molecule has 0 saturated heterocycles. The first-order valence-corrected chi connectivity index (χ1v) is 4.00. The van der Waals surface area contributed by atoms with Gasteiger partial charge in [-0.1, -0.05) is 0 Å². The highest BCUT2D eigenvalue weighted by atomic mass is 16.2. The first kappa shape index (κ1) is 11.1. The zero-order valence-electron chi connectivity index (χ0n) is 7.81. The number of hydrogen-bond donors (Lipinski definition) is 2. The Morgan fingerprint density at radius 1 is 1.33 bits per heavy atom. The second kappa shape index (κ2) is 5.71. The van der Waals surface area contributed by atoms with Crippen molar-refractivity contribution in [2.45, 2.75) is 26.3 Å². The third kappa shape index (κ3) is 4.85. The third-order valence-electron chi connectivity index (χ3n) is 1.55. The highest BCUT2D eigenvalue weighted by molar-refractivity contribution is 5.86. The molecule has 1 atom stereocenters. The van der Waals surface area contributed by atoms with Gasteiger partial charge in [-0.2, -0.15) is 0 Å². The van der Waals surface area contributed by atoms with Crippen LogP contribution >= 0.6 is 0 Å². The van der Waals surface area contributed by atoms with Crippen LogP contribution in [0.5, 0.6) is 0 Å². The summed E-state index contributed by atoms with van der Waals surface area (Å²) in [5, 5.41) is 5.51. The number of carbonyl (C=O) groups excluding carboxylic acids is 2. The third-order valence-corrected chi connectivity index (χ3v) is 1.55. The van der Waals surface area contributed by atoms with Gasteiger partial charge in [0.05, 0.1) is 6.04 Å². The molecule has 70 valence electrons. The van der Waals surface area contributed by atoms with E-state index in [-0.39, 0.29) is 17.7 Å². The van der Waals surface area contributed by atoms with Crippen molar-refractivity contribution in [1.29, 1.82) is 0 Å². The first-order chi connectivity index (χ1) is 5.57. The minimum absolute atomic E-state index is 0.000417. The monoisotopic (exact) mass is 172 g/mol. The minimum atomic E-state index is -0.338. The minimum Gasteiger partial charge on any atom is -0.347 e. The summed E-state index contributed by atoms with van der Waals surface area (Å²) in [4.78, 5) is 21.6. The lowest BCUT2D eigenvalue weighted by atomic mass is 10.1. The Labute approximate surface area is 72.7 Å². The molecular weight excluding hydrogens is 156 g/mol. The molecule has 0 aliphatic heterocycles. The van der Waals surface area contributed by atoms with Gasteiger partial charge in [-0.05, 0) is 26.9 Å². The van der Waals surface area contributed by atoms with E-state index in [4.69, 9.17) is 0 Å². The average Bonchev–Trinajstić information content (AvgIpc) is 1.96. The Hall–Kier alpha value is -0.900. The normalized spacial score (nSPS) is 12.2. The van der Waals surface area contributed by atoms with Crippen molar-refractivity contribution < 1.29 is 9.59 Å². The maximum absolute atomic E-state index is 10.9. The summed E-state index contributed by atoms with van der Waals surface area (Å²) in [6.07, 6.45) is 0.644. The van der Waals surface area contributed by atoms with E-state index in [1.807, 2.05) is 7.05 Å². The highest BCUT2D eigenvalue weighted by Crippen LogP contribution is 1.92. The van der Waals surface area contributed by atoms with Crippen LogP contribution in [0, 0.1) is 0 Å². The summed E-state index contributed by atoms with van der Waals surface area (Å²) in [5.41, 5.74) is 0. The Morgan fingerprint density at radius 2 is 1.92 bits per heavy atom. The first-order valence-electron chi connectivity index (χ1n) is 4.00. The van der Waals surface area contributed by atoms with Gasteiger partial charge in [-0.3, -0.25) is 9.59 Å². The van der Waals surface area contributed by atoms with Crippen molar-refractivity contribution in [1.82, 2.24) is 10.6 Å². The zero-order valence-corrected chi connectivity index (χ0v) is 7.81. The number of nitrogens with one attached hydrogen (secondary N) is 2. The van der Waals surface area contributed by atoms with Crippen LogP contribution in [0.4, 0.5) is 0 Å². The summed E-state index contributed by atoms with van der Waals surface area (Å²) >= 11 is 0. The molecule has 0 fully saturated rings. The molecule has 1 unspecified atom stereocenters. The second-order valence-electron chi connectivity index (χ2n) is 2.76. The largest absolute Gasteiger partial charge is 0.347 e. The van der Waals surface area contributed by atoms with E-state index in [2.05, 4.69) is 10.6 Å². The quantitative estimate of drug-likeness (QED) is 0.598. The Bertz CT molecular complexity index is 168. The van der Waals surface area contributed by atoms with Crippen LogP contribution in [0.15, 0.2) is 0 Å². The van der Waals surface area contributed by atoms with Crippen molar-refractivity contribution in [2.24, 2.45) is 0 Å². The van der Waals surface area contributed by atoms with E-state index in [0.29, 0.717) is 6.42 Å². The van der Waals surface area contributed by atoms with Gasteiger partial charge in [-0.25, -0.2) is 0 Å². The van der Waals surface area contributed by atoms with E-state index in [9.17, 15) is 9.59 Å². The molecule has 12 heavy (non-hydrogen) atoms. The fourth-order valence-corrected chi connectivity index (χ4v) is 0.911. The van der Waals surface area contributed by atoms with Gasteiger partial charge in [0.2, 0.25) is 5.91 Å². The van der Waals surface area contributed by atoms with Crippen molar-refractivity contribution in [3.05, 3.63) is 0 Å². The molecule has 4 nitrogen and oxygen atoms in total. The molecule has 2 N–H and O–H groups in total. The average molecular weight is 172 g/mol. The SMILES string of the molecule is CNCCC(NC(C)=O)C(C)=O. The molecule has 0 saturated carbocycles. The van der Waals surface area contributed by atoms with Gasteiger partial charge < -0.3 is 10.6 Å². The number of Topliss-reactive ketones (excluding diaryl/α,β-unsaturated/α-hetero) is 1. The molecular formula is C8H16N2O2. The Balaban J connectivity index is 3.87. The Morgan fingerprint density at radius 3 is 2.25 bits per heavy atom. The lowest BCUT2D eigenvalue weighted by Gasteiger charge is -2.13. The molecule has 0 spiro atoms. The van der Waals surface area contributed by atoms with E-state index >= 15 is 0 Å². The van der Waals surface area contributed by atoms with Crippen molar-refractivity contribution >= 4 is 11.7 Å². The van der Waals surface area contributed by atoms with Crippen molar-refractivity contribution in [2.75, 3.05) is 13.6 Å². The molecule has 0 rings (SSSR count). The predicted octanol–water partition coefficient (Wildman–Crippen LogP) is -0.310. The maximum atomic E-state index is 10.9. The van der Waals surface area contributed by atoms with Gasteiger partial charge in [0.15, 0.2) is 5.78 Å². The number of ketones is 1. The van der Waals surface area contributed by atoms with E-state index in [1.54, 1.807) is 0 Å². The standard InChI is InChI=1S/C8H16N2O2/c1-6(11)8(4-5-9-3)10-7(2)12/h8-9H,4-5H2,1-3H3,(H,10,12). The van der Waals surface area contributed by atoms with Crippen LogP contribution in [-0.4, -0.2) is 31.3 Å². The molecule has 0 radical (unpaired) electrons. The van der Waals surface area contributed by atoms with Crippen LogP contribution in [-0.2, 0) is 9.59 Å². The second-order valence-corrected chi connectivity index (χ2v) is 2.76. The molecule has 0 bridgehead atoms. The van der Waals surface area contributed by atoms with Crippen molar-refractivity contribution in [3.63, 3.8) is 0 Å². The van der Waals surface area contributed by atoms with Crippen molar-refractivity contribution in [3.8, 4) is 0 Å². The lowest BCUT2D eigenvalue weighted by molar-refractivity contribution is -0.125. The van der Waals surface area contributed by atoms with Gasteiger partial charge in [0.1, 0.15) is 0 Å². The summed E-state index contributed by atoms with van der Waals surface area (Å²) in [5.74, 6) is -0.160.